The third kappa shape index (κ3) is 5.34. The zero-order chi connectivity index (χ0) is 24.3. The number of hydrogen-bond donors (Lipinski definition) is 3. The van der Waals surface area contributed by atoms with Crippen LogP contribution in [0.5, 0.6) is 11.5 Å². The number of aryl methyl sites for hydroxylation is 1. The Morgan fingerprint density at radius 2 is 1.82 bits per heavy atom. The molecule has 1 aromatic heterocycles. The van der Waals surface area contributed by atoms with Crippen molar-refractivity contribution in [3.8, 4) is 21.9 Å². The van der Waals surface area contributed by atoms with E-state index in [-0.39, 0.29) is 28.2 Å². The Morgan fingerprint density at radius 1 is 1.12 bits per heavy atom. The number of hydrogen-bond acceptors (Lipinski definition) is 7. The molecule has 0 atom stereocenters. The number of aromatic hydroxyl groups is 1. The second kappa shape index (κ2) is 10.0. The fourth-order valence-corrected chi connectivity index (χ4v) is 6.28. The van der Waals surface area contributed by atoms with E-state index in [1.165, 1.54) is 55.2 Å². The number of rotatable bonds is 7. The van der Waals surface area contributed by atoms with Gasteiger partial charge < -0.3 is 15.2 Å². The minimum atomic E-state index is -3.98. The first-order valence-corrected chi connectivity index (χ1v) is 13.4. The monoisotopic (exact) mass is 501 g/mol. The van der Waals surface area contributed by atoms with E-state index in [4.69, 9.17) is 4.74 Å². The van der Waals surface area contributed by atoms with E-state index in [0.717, 1.165) is 30.6 Å². The van der Waals surface area contributed by atoms with Gasteiger partial charge in [-0.3, -0.25) is 9.52 Å². The molecule has 1 saturated carbocycles. The third-order valence-electron chi connectivity index (χ3n) is 5.84. The smallest absolute Gasteiger partial charge is 0.265 e. The van der Waals surface area contributed by atoms with E-state index in [9.17, 15) is 18.3 Å². The molecule has 0 unspecified atom stereocenters. The molecule has 0 radical (unpaired) electrons. The summed E-state index contributed by atoms with van der Waals surface area (Å²) < 4.78 is 34.1. The molecule has 1 aliphatic carbocycles. The Hall–Kier alpha value is -3.11. The lowest BCUT2D eigenvalue weighted by molar-refractivity contribution is -0.120. The maximum atomic E-state index is 13.1. The molecule has 0 saturated heterocycles. The first-order chi connectivity index (χ1) is 16.3. The topological polar surface area (TPSA) is 118 Å². The number of methoxy groups -OCH3 is 1. The highest BCUT2D eigenvalue weighted by atomic mass is 32.2. The highest BCUT2D eigenvalue weighted by Crippen LogP contribution is 2.37. The van der Waals surface area contributed by atoms with Gasteiger partial charge in [-0.1, -0.05) is 30.6 Å². The van der Waals surface area contributed by atoms with Gasteiger partial charge in [-0.15, -0.1) is 0 Å². The fourth-order valence-electron chi connectivity index (χ4n) is 4.06. The molecular formula is C24H27N3O5S2. The molecule has 0 spiro atoms. The van der Waals surface area contributed by atoms with Crippen molar-refractivity contribution in [3.05, 3.63) is 48.2 Å². The first-order valence-electron chi connectivity index (χ1n) is 11.1. The zero-order valence-corrected chi connectivity index (χ0v) is 20.6. The molecule has 4 rings (SSSR count). The van der Waals surface area contributed by atoms with Gasteiger partial charge in [0.25, 0.3) is 10.0 Å². The molecule has 2 aromatic carbocycles. The first kappa shape index (κ1) is 24.0. The molecule has 1 amide bonds. The Labute approximate surface area is 203 Å². The average Bonchev–Trinajstić information content (AvgIpc) is 3.20. The number of ether oxygens (including phenoxy) is 1. The van der Waals surface area contributed by atoms with Crippen molar-refractivity contribution in [3.63, 3.8) is 0 Å². The van der Waals surface area contributed by atoms with Gasteiger partial charge in [-0.2, -0.15) is 0 Å². The standard InChI is InChI=1S/C24H27N3O5S2/c1-15-22(33-24(25-15)26-23(29)16-6-4-3-5-7-16)17-8-13-20(32-2)21(14-17)34(30,31)27-18-9-11-19(28)12-10-18/h8-14,16,27-28H,3-7H2,1-2H3,(H,25,26,29). The van der Waals surface area contributed by atoms with Crippen LogP contribution in [0.2, 0.25) is 0 Å². The molecule has 8 nitrogen and oxygen atoms in total. The predicted octanol–water partition coefficient (Wildman–Crippen LogP) is 5.15. The molecule has 1 fully saturated rings. The van der Waals surface area contributed by atoms with Crippen LogP contribution in [-0.2, 0) is 14.8 Å². The summed E-state index contributed by atoms with van der Waals surface area (Å²) in [6.07, 6.45) is 5.12. The summed E-state index contributed by atoms with van der Waals surface area (Å²) in [6.45, 7) is 1.83. The molecule has 1 heterocycles. The number of phenolic OH excluding ortho intramolecular Hbond substituents is 1. The van der Waals surface area contributed by atoms with Gasteiger partial charge >= 0.3 is 0 Å². The van der Waals surface area contributed by atoms with Gasteiger partial charge in [0.2, 0.25) is 5.91 Å². The van der Waals surface area contributed by atoms with Gasteiger partial charge in [0.05, 0.1) is 17.7 Å². The number of carbonyl (C=O) groups excluding carboxylic acids is 1. The second-order valence-electron chi connectivity index (χ2n) is 8.28. The highest BCUT2D eigenvalue weighted by Gasteiger charge is 2.24. The predicted molar refractivity (Wildman–Crippen MR) is 133 cm³/mol. The second-order valence-corrected chi connectivity index (χ2v) is 10.9. The Bertz CT molecular complexity index is 1280. The zero-order valence-electron chi connectivity index (χ0n) is 19.0. The summed E-state index contributed by atoms with van der Waals surface area (Å²) in [5.74, 6) is 0.249. The fraction of sp³-hybridized carbons (Fsp3) is 0.333. The maximum absolute atomic E-state index is 13.1. The van der Waals surface area contributed by atoms with Gasteiger partial charge in [-0.25, -0.2) is 13.4 Å². The van der Waals surface area contributed by atoms with Crippen molar-refractivity contribution in [2.24, 2.45) is 5.92 Å². The number of benzene rings is 2. The number of phenols is 1. The van der Waals surface area contributed by atoms with Gasteiger partial charge in [0.1, 0.15) is 16.4 Å². The van der Waals surface area contributed by atoms with Crippen LogP contribution < -0.4 is 14.8 Å². The van der Waals surface area contributed by atoms with E-state index in [1.807, 2.05) is 6.92 Å². The molecule has 1 aliphatic rings. The van der Waals surface area contributed by atoms with Crippen LogP contribution in [0, 0.1) is 12.8 Å². The SMILES string of the molecule is COc1ccc(-c2sc(NC(=O)C3CCCCC3)nc2C)cc1S(=O)(=O)Nc1ccc(O)cc1. The van der Waals surface area contributed by atoms with E-state index in [0.29, 0.717) is 22.1 Å². The highest BCUT2D eigenvalue weighted by molar-refractivity contribution is 7.92. The van der Waals surface area contributed by atoms with Crippen molar-refractivity contribution < 1.29 is 23.1 Å². The average molecular weight is 502 g/mol. The van der Waals surface area contributed by atoms with E-state index in [1.54, 1.807) is 12.1 Å². The van der Waals surface area contributed by atoms with E-state index in [2.05, 4.69) is 15.0 Å². The maximum Gasteiger partial charge on any atom is 0.265 e. The number of sulfonamides is 1. The normalized spacial score (nSPS) is 14.5. The molecule has 10 heteroatoms. The minimum Gasteiger partial charge on any atom is -0.508 e. The molecule has 0 bridgehead atoms. The van der Waals surface area contributed by atoms with E-state index < -0.39 is 10.0 Å². The Balaban J connectivity index is 1.61. The van der Waals surface area contributed by atoms with Crippen LogP contribution in [0.15, 0.2) is 47.4 Å². The minimum absolute atomic E-state index is 0.00362. The van der Waals surface area contributed by atoms with Crippen LogP contribution >= 0.6 is 11.3 Å². The number of anilines is 2. The molecule has 0 aliphatic heterocycles. The quantitative estimate of drug-likeness (QED) is 0.385. The van der Waals surface area contributed by atoms with Gasteiger partial charge in [0, 0.05) is 11.6 Å². The van der Waals surface area contributed by atoms with Crippen molar-refractivity contribution in [1.29, 1.82) is 0 Å². The van der Waals surface area contributed by atoms with Crippen LogP contribution in [-0.4, -0.2) is 31.5 Å². The largest absolute Gasteiger partial charge is 0.508 e. The van der Waals surface area contributed by atoms with Gasteiger partial charge in [0.15, 0.2) is 5.13 Å². The summed E-state index contributed by atoms with van der Waals surface area (Å²) >= 11 is 1.32. The number of aromatic nitrogens is 1. The molecule has 180 valence electrons. The summed E-state index contributed by atoms with van der Waals surface area (Å²) in [6, 6.07) is 10.6. The lowest BCUT2D eigenvalue weighted by Gasteiger charge is -2.19. The summed E-state index contributed by atoms with van der Waals surface area (Å²) in [5, 5.41) is 12.9. The van der Waals surface area contributed by atoms with Crippen LogP contribution in [0.1, 0.15) is 37.8 Å². The lowest BCUT2D eigenvalue weighted by Crippen LogP contribution is -2.24. The van der Waals surface area contributed by atoms with Crippen LogP contribution in [0.4, 0.5) is 10.8 Å². The van der Waals surface area contributed by atoms with E-state index >= 15 is 0 Å². The van der Waals surface area contributed by atoms with Crippen molar-refractivity contribution in [2.45, 2.75) is 43.9 Å². The number of carbonyl (C=O) groups is 1. The Morgan fingerprint density at radius 3 is 2.50 bits per heavy atom. The number of nitrogens with one attached hydrogen (secondary N) is 2. The van der Waals surface area contributed by atoms with Crippen molar-refractivity contribution in [2.75, 3.05) is 17.1 Å². The summed E-state index contributed by atoms with van der Waals surface area (Å²) in [5.41, 5.74) is 1.66. The van der Waals surface area contributed by atoms with Gasteiger partial charge in [-0.05, 0) is 67.8 Å². The molecule has 34 heavy (non-hydrogen) atoms. The number of nitrogens with zero attached hydrogens (tertiary/aromatic N) is 1. The van der Waals surface area contributed by atoms with Crippen molar-refractivity contribution >= 4 is 38.1 Å². The van der Waals surface area contributed by atoms with Crippen molar-refractivity contribution in [1.82, 2.24) is 4.98 Å². The number of amides is 1. The third-order valence-corrected chi connectivity index (χ3v) is 8.36. The lowest BCUT2D eigenvalue weighted by atomic mass is 9.89. The molecule has 3 aromatic rings. The molecular weight excluding hydrogens is 474 g/mol. The van der Waals surface area contributed by atoms with Crippen LogP contribution in [0.25, 0.3) is 10.4 Å². The number of thiazole rings is 1. The summed E-state index contributed by atoms with van der Waals surface area (Å²) in [4.78, 5) is 17.9. The molecule has 3 N–H and O–H groups in total. The summed E-state index contributed by atoms with van der Waals surface area (Å²) in [7, 11) is -2.57. The Kier molecular flexibility index (Phi) is 7.08. The van der Waals surface area contributed by atoms with Crippen LogP contribution in [0.3, 0.4) is 0 Å².